The number of rotatable bonds is 3. The predicted octanol–water partition coefficient (Wildman–Crippen LogP) is 3.54. The molecule has 0 radical (unpaired) electrons. The zero-order valence-corrected chi connectivity index (χ0v) is 12.1. The fourth-order valence-corrected chi connectivity index (χ4v) is 2.60. The van der Waals surface area contributed by atoms with Crippen LogP contribution in [0.25, 0.3) is 0 Å². The molecule has 20 heavy (non-hydrogen) atoms. The van der Waals surface area contributed by atoms with Gasteiger partial charge >= 0.3 is 6.18 Å². The van der Waals surface area contributed by atoms with Gasteiger partial charge in [-0.1, -0.05) is 22.4 Å². The van der Waals surface area contributed by atoms with Crippen LogP contribution < -0.4 is 11.1 Å². The number of hydrogen-bond acceptors (Lipinski definition) is 2. The monoisotopic (exact) mass is 350 g/mol. The Hall–Kier alpha value is -1.08. The number of benzene rings is 1. The van der Waals surface area contributed by atoms with Crippen LogP contribution in [0.5, 0.6) is 0 Å². The molecule has 3 nitrogen and oxygen atoms in total. The van der Waals surface area contributed by atoms with Gasteiger partial charge in [-0.2, -0.15) is 13.2 Å². The number of amides is 1. The minimum Gasteiger partial charge on any atom is -0.329 e. The SMILES string of the molecule is NCC1(C(=O)Nc2ccc(Br)cc2C(F)(F)F)CCC1. The number of halogens is 4. The average Bonchev–Trinajstić information content (AvgIpc) is 2.29. The van der Waals surface area contributed by atoms with Crippen LogP contribution in [-0.2, 0) is 11.0 Å². The average molecular weight is 351 g/mol. The predicted molar refractivity (Wildman–Crippen MR) is 73.1 cm³/mol. The van der Waals surface area contributed by atoms with Crippen LogP contribution in [0, 0.1) is 5.41 Å². The van der Waals surface area contributed by atoms with E-state index in [1.165, 1.54) is 12.1 Å². The van der Waals surface area contributed by atoms with Crippen molar-refractivity contribution < 1.29 is 18.0 Å². The Bertz CT molecular complexity index is 521. The summed E-state index contributed by atoms with van der Waals surface area (Å²) in [5.74, 6) is -0.431. The molecular weight excluding hydrogens is 337 g/mol. The fraction of sp³-hybridized carbons (Fsp3) is 0.462. The van der Waals surface area contributed by atoms with Crippen molar-refractivity contribution in [1.29, 1.82) is 0 Å². The lowest BCUT2D eigenvalue weighted by molar-refractivity contribution is -0.137. The van der Waals surface area contributed by atoms with E-state index >= 15 is 0 Å². The first-order valence-electron chi connectivity index (χ1n) is 6.17. The zero-order chi connectivity index (χ0) is 15.0. The number of anilines is 1. The lowest BCUT2D eigenvalue weighted by atomic mass is 9.68. The fourth-order valence-electron chi connectivity index (χ4n) is 2.24. The Kier molecular flexibility index (Phi) is 4.11. The molecule has 0 unspecified atom stereocenters. The highest BCUT2D eigenvalue weighted by Gasteiger charge is 2.43. The maximum atomic E-state index is 13.0. The highest BCUT2D eigenvalue weighted by atomic mass is 79.9. The Morgan fingerprint density at radius 1 is 1.40 bits per heavy atom. The highest BCUT2D eigenvalue weighted by molar-refractivity contribution is 9.10. The van der Waals surface area contributed by atoms with Gasteiger partial charge in [0, 0.05) is 11.0 Å². The molecule has 3 N–H and O–H groups in total. The Balaban J connectivity index is 2.28. The summed E-state index contributed by atoms with van der Waals surface area (Å²) < 4.78 is 39.2. The number of carbonyl (C=O) groups excluding carboxylic acids is 1. The first-order valence-corrected chi connectivity index (χ1v) is 6.96. The topological polar surface area (TPSA) is 55.1 Å². The third kappa shape index (κ3) is 2.83. The van der Waals surface area contributed by atoms with Crippen molar-refractivity contribution in [1.82, 2.24) is 0 Å². The van der Waals surface area contributed by atoms with Crippen molar-refractivity contribution >= 4 is 27.5 Å². The number of carbonyl (C=O) groups is 1. The van der Waals surface area contributed by atoms with Crippen LogP contribution in [0.2, 0.25) is 0 Å². The van der Waals surface area contributed by atoms with E-state index in [2.05, 4.69) is 21.2 Å². The number of alkyl halides is 3. The molecule has 1 aliphatic carbocycles. The lowest BCUT2D eigenvalue weighted by Crippen LogP contribution is -2.47. The van der Waals surface area contributed by atoms with Crippen LogP contribution in [0.15, 0.2) is 22.7 Å². The van der Waals surface area contributed by atoms with Gasteiger partial charge in [0.05, 0.1) is 16.7 Å². The highest BCUT2D eigenvalue weighted by Crippen LogP contribution is 2.42. The van der Waals surface area contributed by atoms with Gasteiger partial charge in [-0.3, -0.25) is 4.79 Å². The van der Waals surface area contributed by atoms with Gasteiger partial charge in [-0.15, -0.1) is 0 Å². The first-order chi connectivity index (χ1) is 9.28. The zero-order valence-electron chi connectivity index (χ0n) is 10.6. The third-order valence-corrected chi connectivity index (χ3v) is 4.21. The maximum Gasteiger partial charge on any atom is 0.418 e. The summed E-state index contributed by atoms with van der Waals surface area (Å²) in [5.41, 5.74) is 3.77. The van der Waals surface area contributed by atoms with Crippen molar-refractivity contribution in [3.8, 4) is 0 Å². The Morgan fingerprint density at radius 2 is 2.05 bits per heavy atom. The molecule has 0 spiro atoms. The van der Waals surface area contributed by atoms with E-state index in [-0.39, 0.29) is 12.2 Å². The number of nitrogens with one attached hydrogen (secondary N) is 1. The van der Waals surface area contributed by atoms with E-state index in [0.717, 1.165) is 12.5 Å². The molecule has 1 aliphatic rings. The summed E-state index contributed by atoms with van der Waals surface area (Å²) in [6.45, 7) is 0.150. The van der Waals surface area contributed by atoms with Gasteiger partial charge in [-0.25, -0.2) is 0 Å². The molecule has 7 heteroatoms. The molecule has 1 aromatic rings. The third-order valence-electron chi connectivity index (χ3n) is 3.72. The molecule has 1 aromatic carbocycles. The molecule has 0 saturated heterocycles. The van der Waals surface area contributed by atoms with Crippen molar-refractivity contribution in [2.24, 2.45) is 11.1 Å². The summed E-state index contributed by atoms with van der Waals surface area (Å²) >= 11 is 3.00. The van der Waals surface area contributed by atoms with E-state index in [1.807, 2.05) is 0 Å². The smallest absolute Gasteiger partial charge is 0.329 e. The summed E-state index contributed by atoms with van der Waals surface area (Å²) in [6.07, 6.45) is -2.42. The van der Waals surface area contributed by atoms with E-state index < -0.39 is 23.1 Å². The van der Waals surface area contributed by atoms with Crippen molar-refractivity contribution in [2.75, 3.05) is 11.9 Å². The van der Waals surface area contributed by atoms with E-state index in [9.17, 15) is 18.0 Å². The van der Waals surface area contributed by atoms with Crippen LogP contribution >= 0.6 is 15.9 Å². The summed E-state index contributed by atoms with van der Waals surface area (Å²) in [7, 11) is 0. The summed E-state index contributed by atoms with van der Waals surface area (Å²) in [5, 5.41) is 2.38. The molecule has 0 atom stereocenters. The molecule has 2 rings (SSSR count). The number of hydrogen-bond donors (Lipinski definition) is 2. The van der Waals surface area contributed by atoms with Gasteiger partial charge in [-0.05, 0) is 31.0 Å². The van der Waals surface area contributed by atoms with Gasteiger partial charge in [0.1, 0.15) is 0 Å². The van der Waals surface area contributed by atoms with Crippen LogP contribution in [-0.4, -0.2) is 12.5 Å². The quantitative estimate of drug-likeness (QED) is 0.875. The van der Waals surface area contributed by atoms with Crippen LogP contribution in [0.1, 0.15) is 24.8 Å². The van der Waals surface area contributed by atoms with E-state index in [4.69, 9.17) is 5.73 Å². The minimum absolute atomic E-state index is 0.150. The molecule has 1 amide bonds. The van der Waals surface area contributed by atoms with Gasteiger partial charge in [0.15, 0.2) is 0 Å². The molecule has 0 heterocycles. The standard InChI is InChI=1S/C13H14BrF3N2O/c14-8-2-3-10(9(6-8)13(15,16)17)19-11(20)12(7-18)4-1-5-12/h2-3,6H,1,4-5,7,18H2,(H,19,20). The first kappa shape index (κ1) is 15.3. The molecule has 0 bridgehead atoms. The van der Waals surface area contributed by atoms with E-state index in [0.29, 0.717) is 17.3 Å². The molecule has 0 aliphatic heterocycles. The number of nitrogens with two attached hydrogens (primary N) is 1. The second-order valence-corrected chi connectivity index (χ2v) is 5.90. The van der Waals surface area contributed by atoms with Gasteiger partial charge in [0.25, 0.3) is 0 Å². The molecule has 1 saturated carbocycles. The Labute approximate surface area is 122 Å². The van der Waals surface area contributed by atoms with Crippen molar-refractivity contribution in [3.05, 3.63) is 28.2 Å². The summed E-state index contributed by atoms with van der Waals surface area (Å²) in [6, 6.07) is 3.65. The van der Waals surface area contributed by atoms with Crippen molar-refractivity contribution in [2.45, 2.75) is 25.4 Å². The second kappa shape index (κ2) is 5.37. The van der Waals surface area contributed by atoms with E-state index in [1.54, 1.807) is 0 Å². The maximum absolute atomic E-state index is 13.0. The van der Waals surface area contributed by atoms with Crippen LogP contribution in [0.3, 0.4) is 0 Å². The Morgan fingerprint density at radius 3 is 2.50 bits per heavy atom. The van der Waals surface area contributed by atoms with Crippen LogP contribution in [0.4, 0.5) is 18.9 Å². The summed E-state index contributed by atoms with van der Waals surface area (Å²) in [4.78, 5) is 12.1. The van der Waals surface area contributed by atoms with Gasteiger partial charge in [0.2, 0.25) is 5.91 Å². The van der Waals surface area contributed by atoms with Crippen molar-refractivity contribution in [3.63, 3.8) is 0 Å². The largest absolute Gasteiger partial charge is 0.418 e. The lowest BCUT2D eigenvalue weighted by Gasteiger charge is -2.39. The minimum atomic E-state index is -4.53. The molecular formula is C13H14BrF3N2O. The molecule has 1 fully saturated rings. The second-order valence-electron chi connectivity index (χ2n) is 4.98. The molecule has 0 aromatic heterocycles. The van der Waals surface area contributed by atoms with Gasteiger partial charge < -0.3 is 11.1 Å². The molecule has 110 valence electrons. The normalized spacial score (nSPS) is 17.4.